The number of benzene rings is 3. The van der Waals surface area contributed by atoms with Gasteiger partial charge in [-0.3, -0.25) is 9.10 Å². The van der Waals surface area contributed by atoms with Crippen molar-refractivity contribution in [1.29, 1.82) is 0 Å². The minimum absolute atomic E-state index is 0.0245. The molecule has 1 amide bonds. The van der Waals surface area contributed by atoms with E-state index in [2.05, 4.69) is 5.32 Å². The van der Waals surface area contributed by atoms with E-state index in [1.54, 1.807) is 30.3 Å². The average Bonchev–Trinajstić information content (AvgIpc) is 2.91. The quantitative estimate of drug-likeness (QED) is 0.433. The van der Waals surface area contributed by atoms with E-state index in [9.17, 15) is 22.8 Å². The molecular weight excluding hydrogens is 488 g/mol. The van der Waals surface area contributed by atoms with Crippen molar-refractivity contribution in [2.75, 3.05) is 37.5 Å². The van der Waals surface area contributed by atoms with Crippen molar-refractivity contribution >= 4 is 39.2 Å². The van der Waals surface area contributed by atoms with E-state index < -0.39 is 34.4 Å². The molecule has 3 rings (SSSR count). The zero-order valence-corrected chi connectivity index (χ0v) is 20.6. The summed E-state index contributed by atoms with van der Waals surface area (Å²) in [5, 5.41) is 2.51. The molecule has 0 atom stereocenters. The smallest absolute Gasteiger partial charge is 0.339 e. The fraction of sp³-hybridized carbons (Fsp3) is 0.160. The summed E-state index contributed by atoms with van der Waals surface area (Å²) in [6.07, 6.45) is 0. The lowest BCUT2D eigenvalue weighted by molar-refractivity contribution is -0.114. The predicted molar refractivity (Wildman–Crippen MR) is 132 cm³/mol. The van der Waals surface area contributed by atoms with Crippen LogP contribution in [0.3, 0.4) is 0 Å². The summed E-state index contributed by atoms with van der Waals surface area (Å²) in [5.74, 6) is -1.83. The van der Waals surface area contributed by atoms with Crippen molar-refractivity contribution in [3.8, 4) is 5.75 Å². The maximum atomic E-state index is 13.5. The molecule has 0 bridgehead atoms. The molecule has 0 aliphatic rings. The Morgan fingerprint density at radius 3 is 2.17 bits per heavy atom. The van der Waals surface area contributed by atoms with Crippen molar-refractivity contribution in [1.82, 2.24) is 0 Å². The van der Waals surface area contributed by atoms with Gasteiger partial charge >= 0.3 is 11.9 Å². The molecule has 0 spiro atoms. The van der Waals surface area contributed by atoms with Crippen LogP contribution in [0, 0.1) is 0 Å². The van der Waals surface area contributed by atoms with E-state index in [4.69, 9.17) is 14.2 Å². The van der Waals surface area contributed by atoms with Crippen LogP contribution in [0.4, 0.5) is 11.4 Å². The van der Waals surface area contributed by atoms with Crippen LogP contribution in [0.1, 0.15) is 20.7 Å². The predicted octanol–water partition coefficient (Wildman–Crippen LogP) is 3.10. The largest absolute Gasteiger partial charge is 0.497 e. The van der Waals surface area contributed by atoms with Crippen LogP contribution in [0.5, 0.6) is 5.75 Å². The molecule has 0 unspecified atom stereocenters. The Morgan fingerprint density at radius 2 is 1.53 bits per heavy atom. The molecule has 0 heterocycles. The summed E-state index contributed by atoms with van der Waals surface area (Å²) >= 11 is 0. The van der Waals surface area contributed by atoms with E-state index >= 15 is 0 Å². The number of carbonyl (C=O) groups excluding carboxylic acids is 3. The van der Waals surface area contributed by atoms with Gasteiger partial charge in [-0.1, -0.05) is 24.3 Å². The summed E-state index contributed by atoms with van der Waals surface area (Å²) in [6.45, 7) is -0.645. The van der Waals surface area contributed by atoms with Gasteiger partial charge < -0.3 is 19.5 Å². The standard InChI is InChI=1S/C25H24N2O8S/c1-33-19-9-7-8-18(15-19)27(36(31,32)20-10-5-4-6-11-20)16-23(28)26-22-14-17(24(29)34-2)12-13-21(22)25(30)35-3/h4-15H,16H2,1-3H3,(H,26,28). The second-order valence-electron chi connectivity index (χ2n) is 7.32. The SMILES string of the molecule is COC(=O)c1ccc(C(=O)OC)c(NC(=O)CN(c2cccc(OC)c2)S(=O)(=O)c2ccccc2)c1. The monoisotopic (exact) mass is 512 g/mol. The fourth-order valence-electron chi connectivity index (χ4n) is 3.30. The van der Waals surface area contributed by atoms with Gasteiger partial charge in [-0.15, -0.1) is 0 Å². The lowest BCUT2D eigenvalue weighted by Crippen LogP contribution is -2.38. The van der Waals surface area contributed by atoms with Crippen molar-refractivity contribution in [2.45, 2.75) is 4.90 Å². The van der Waals surface area contributed by atoms with Crippen molar-refractivity contribution in [2.24, 2.45) is 0 Å². The Hall–Kier alpha value is -4.38. The Balaban J connectivity index is 2.01. The number of nitrogens with one attached hydrogen (secondary N) is 1. The highest BCUT2D eigenvalue weighted by Gasteiger charge is 2.28. The van der Waals surface area contributed by atoms with Crippen LogP contribution in [0.2, 0.25) is 0 Å². The summed E-state index contributed by atoms with van der Waals surface area (Å²) in [4.78, 5) is 37.3. The molecule has 188 valence electrons. The Morgan fingerprint density at radius 1 is 0.833 bits per heavy atom. The first-order chi connectivity index (χ1) is 17.2. The van der Waals surface area contributed by atoms with E-state index in [1.807, 2.05) is 0 Å². The third-order valence-corrected chi connectivity index (χ3v) is 6.87. The molecule has 11 heteroatoms. The first-order valence-electron chi connectivity index (χ1n) is 10.5. The lowest BCUT2D eigenvalue weighted by atomic mass is 10.1. The summed E-state index contributed by atoms with van der Waals surface area (Å²) in [7, 11) is -0.381. The van der Waals surface area contributed by atoms with Gasteiger partial charge in [-0.05, 0) is 42.5 Å². The lowest BCUT2D eigenvalue weighted by Gasteiger charge is -2.24. The van der Waals surface area contributed by atoms with Gasteiger partial charge in [0.05, 0.1) is 48.7 Å². The molecule has 0 aliphatic carbocycles. The minimum Gasteiger partial charge on any atom is -0.497 e. The van der Waals surface area contributed by atoms with Crippen LogP contribution < -0.4 is 14.4 Å². The molecule has 0 aliphatic heterocycles. The summed E-state index contributed by atoms with van der Waals surface area (Å²) in [6, 6.07) is 17.7. The molecule has 1 N–H and O–H groups in total. The molecule has 36 heavy (non-hydrogen) atoms. The second kappa shape index (κ2) is 11.4. The topological polar surface area (TPSA) is 128 Å². The number of nitrogens with zero attached hydrogens (tertiary/aromatic N) is 1. The molecule has 0 saturated carbocycles. The first kappa shape index (κ1) is 26.2. The zero-order chi connectivity index (χ0) is 26.3. The number of sulfonamides is 1. The van der Waals surface area contributed by atoms with Gasteiger partial charge in [-0.2, -0.15) is 0 Å². The average molecular weight is 513 g/mol. The fourth-order valence-corrected chi connectivity index (χ4v) is 4.73. The van der Waals surface area contributed by atoms with Gasteiger partial charge in [0, 0.05) is 6.07 Å². The highest BCUT2D eigenvalue weighted by atomic mass is 32.2. The third-order valence-electron chi connectivity index (χ3n) is 5.08. The summed E-state index contributed by atoms with van der Waals surface area (Å²) < 4.78 is 42.6. The molecule has 3 aromatic rings. The number of carbonyl (C=O) groups is 3. The van der Waals surface area contributed by atoms with Crippen LogP contribution in [-0.2, 0) is 24.3 Å². The zero-order valence-electron chi connectivity index (χ0n) is 19.8. The molecule has 3 aromatic carbocycles. The number of ether oxygens (including phenoxy) is 3. The van der Waals surface area contributed by atoms with Gasteiger partial charge in [-0.25, -0.2) is 18.0 Å². The Labute approximate surface area is 208 Å². The Bertz CT molecular complexity index is 1370. The number of esters is 2. The van der Waals surface area contributed by atoms with Crippen LogP contribution in [0.25, 0.3) is 0 Å². The van der Waals surface area contributed by atoms with E-state index in [1.165, 1.54) is 63.8 Å². The van der Waals surface area contributed by atoms with Gasteiger partial charge in [0.25, 0.3) is 10.0 Å². The number of amides is 1. The molecular formula is C25H24N2O8S. The number of anilines is 2. The van der Waals surface area contributed by atoms with Crippen molar-refractivity contribution in [3.05, 3.63) is 83.9 Å². The van der Waals surface area contributed by atoms with Crippen molar-refractivity contribution < 1.29 is 37.0 Å². The number of rotatable bonds is 9. The Kier molecular flexibility index (Phi) is 8.28. The molecule has 0 fully saturated rings. The van der Waals surface area contributed by atoms with E-state index in [0.29, 0.717) is 5.75 Å². The van der Waals surface area contributed by atoms with Crippen molar-refractivity contribution in [3.63, 3.8) is 0 Å². The highest BCUT2D eigenvalue weighted by molar-refractivity contribution is 7.92. The number of methoxy groups -OCH3 is 3. The molecule has 0 radical (unpaired) electrons. The maximum Gasteiger partial charge on any atom is 0.339 e. The van der Waals surface area contributed by atoms with Gasteiger partial charge in [0.15, 0.2) is 0 Å². The molecule has 10 nitrogen and oxygen atoms in total. The van der Waals surface area contributed by atoms with Crippen LogP contribution >= 0.6 is 0 Å². The normalized spacial score (nSPS) is 10.8. The van der Waals surface area contributed by atoms with Gasteiger partial charge in [0.2, 0.25) is 5.91 Å². The van der Waals surface area contributed by atoms with Crippen LogP contribution in [-0.4, -0.2) is 54.1 Å². The molecule has 0 aromatic heterocycles. The number of hydrogen-bond donors (Lipinski definition) is 1. The van der Waals surface area contributed by atoms with Gasteiger partial charge in [0.1, 0.15) is 12.3 Å². The summed E-state index contributed by atoms with van der Waals surface area (Å²) in [5.41, 5.74) is 0.182. The molecule has 0 saturated heterocycles. The number of hydrogen-bond acceptors (Lipinski definition) is 8. The first-order valence-corrected chi connectivity index (χ1v) is 12.0. The maximum absolute atomic E-state index is 13.5. The van der Waals surface area contributed by atoms with E-state index in [0.717, 1.165) is 4.31 Å². The van der Waals surface area contributed by atoms with E-state index in [-0.39, 0.29) is 27.4 Å². The minimum atomic E-state index is -4.17. The second-order valence-corrected chi connectivity index (χ2v) is 9.18. The highest BCUT2D eigenvalue weighted by Crippen LogP contribution is 2.27. The van der Waals surface area contributed by atoms with Crippen LogP contribution in [0.15, 0.2) is 77.7 Å². The third kappa shape index (κ3) is 5.81.